The van der Waals surface area contributed by atoms with Gasteiger partial charge in [0.1, 0.15) is 12.6 Å². The fraction of sp³-hybridized carbons (Fsp3) is 0.303. The molecule has 0 radical (unpaired) electrons. The summed E-state index contributed by atoms with van der Waals surface area (Å²) in [5.74, 6) is 2.57. The first kappa shape index (κ1) is 29.3. The van der Waals surface area contributed by atoms with Crippen LogP contribution in [0.15, 0.2) is 89.2 Å². The minimum Gasteiger partial charge on any atom is -0.490 e. The van der Waals surface area contributed by atoms with Crippen molar-refractivity contribution in [1.29, 1.82) is 0 Å². The van der Waals surface area contributed by atoms with E-state index >= 15 is 0 Å². The van der Waals surface area contributed by atoms with Gasteiger partial charge in [-0.3, -0.25) is 4.79 Å². The normalized spacial score (nSPS) is 14.2. The van der Waals surface area contributed by atoms with E-state index in [0.717, 1.165) is 41.1 Å². The molecule has 0 aliphatic carbocycles. The van der Waals surface area contributed by atoms with Crippen LogP contribution in [0.25, 0.3) is 0 Å². The molecule has 2 heterocycles. The summed E-state index contributed by atoms with van der Waals surface area (Å²) >= 11 is 1.62. The van der Waals surface area contributed by atoms with Gasteiger partial charge in [-0.25, -0.2) is 4.68 Å². The lowest BCUT2D eigenvalue weighted by Crippen LogP contribution is -2.31. The molecule has 1 aliphatic heterocycles. The van der Waals surface area contributed by atoms with E-state index in [1.165, 1.54) is 5.56 Å². The molecule has 9 heteroatoms. The Morgan fingerprint density at radius 3 is 2.52 bits per heavy atom. The zero-order valence-corrected chi connectivity index (χ0v) is 25.3. The molecule has 3 aromatic carbocycles. The summed E-state index contributed by atoms with van der Waals surface area (Å²) in [5.41, 5.74) is 5.11. The largest absolute Gasteiger partial charge is 0.490 e. The lowest BCUT2D eigenvalue weighted by molar-refractivity contribution is -0.113. The Morgan fingerprint density at radius 1 is 1.00 bits per heavy atom. The van der Waals surface area contributed by atoms with Gasteiger partial charge < -0.3 is 20.1 Å². The van der Waals surface area contributed by atoms with Crippen molar-refractivity contribution < 1.29 is 14.3 Å². The van der Waals surface area contributed by atoms with E-state index in [4.69, 9.17) is 19.6 Å². The monoisotopic (exact) mass is 583 g/mol. The fourth-order valence-corrected chi connectivity index (χ4v) is 5.66. The maximum atomic E-state index is 13.8. The number of para-hydroxylation sites is 1. The maximum Gasteiger partial charge on any atom is 0.255 e. The molecule has 0 spiro atoms. The molecule has 1 aromatic heterocycles. The van der Waals surface area contributed by atoms with Crippen molar-refractivity contribution in [3.05, 3.63) is 101 Å². The highest BCUT2D eigenvalue weighted by molar-refractivity contribution is 7.99. The van der Waals surface area contributed by atoms with Gasteiger partial charge in [-0.2, -0.15) is 4.98 Å². The van der Waals surface area contributed by atoms with Crippen molar-refractivity contribution in [2.75, 3.05) is 23.0 Å². The highest BCUT2D eigenvalue weighted by Crippen LogP contribution is 2.40. The quantitative estimate of drug-likeness (QED) is 0.133. The van der Waals surface area contributed by atoms with Crippen LogP contribution in [-0.2, 0) is 11.4 Å². The molecule has 0 fully saturated rings. The van der Waals surface area contributed by atoms with Crippen LogP contribution in [0.5, 0.6) is 11.5 Å². The van der Waals surface area contributed by atoms with E-state index in [-0.39, 0.29) is 5.91 Å². The number of carbonyl (C=O) groups excluding carboxylic acids is 1. The van der Waals surface area contributed by atoms with Crippen molar-refractivity contribution >= 4 is 29.3 Å². The minimum absolute atomic E-state index is 0.213. The van der Waals surface area contributed by atoms with Gasteiger partial charge in [-0.1, -0.05) is 79.2 Å². The number of thioether (sulfide) groups is 1. The molecule has 0 saturated carbocycles. The number of ether oxygens (including phenoxy) is 2. The van der Waals surface area contributed by atoms with Crippen LogP contribution in [0.2, 0.25) is 0 Å². The molecule has 1 amide bonds. The third-order valence-corrected chi connectivity index (χ3v) is 7.86. The predicted molar refractivity (Wildman–Crippen MR) is 168 cm³/mol. The second-order valence-corrected chi connectivity index (χ2v) is 11.2. The Morgan fingerprint density at radius 2 is 1.79 bits per heavy atom. The number of anilines is 2. The van der Waals surface area contributed by atoms with Gasteiger partial charge in [0.15, 0.2) is 11.5 Å². The number of rotatable bonds is 12. The zero-order chi connectivity index (χ0) is 29.5. The van der Waals surface area contributed by atoms with Crippen LogP contribution in [-0.4, -0.2) is 33.0 Å². The topological polar surface area (TPSA) is 90.3 Å². The van der Waals surface area contributed by atoms with Crippen molar-refractivity contribution in [1.82, 2.24) is 14.8 Å². The van der Waals surface area contributed by atoms with Crippen molar-refractivity contribution in [3.8, 4) is 11.5 Å². The highest BCUT2D eigenvalue weighted by atomic mass is 32.2. The number of aryl methyl sites for hydroxylation is 1. The van der Waals surface area contributed by atoms with Gasteiger partial charge in [0.25, 0.3) is 5.91 Å². The van der Waals surface area contributed by atoms with Crippen molar-refractivity contribution in [2.45, 2.75) is 58.3 Å². The first-order chi connectivity index (χ1) is 20.5. The summed E-state index contributed by atoms with van der Waals surface area (Å²) in [6.07, 6.45) is 2.18. The van der Waals surface area contributed by atoms with E-state index in [9.17, 15) is 4.79 Å². The molecule has 218 valence electrons. The third-order valence-electron chi connectivity index (χ3n) is 6.94. The van der Waals surface area contributed by atoms with E-state index < -0.39 is 6.04 Å². The Bertz CT molecular complexity index is 1550. The second-order valence-electron chi connectivity index (χ2n) is 10.2. The van der Waals surface area contributed by atoms with Crippen molar-refractivity contribution in [3.63, 3.8) is 0 Å². The Balaban J connectivity index is 1.51. The van der Waals surface area contributed by atoms with E-state index in [1.54, 1.807) is 16.4 Å². The van der Waals surface area contributed by atoms with E-state index in [1.807, 2.05) is 62.4 Å². The Labute approximate surface area is 251 Å². The average molecular weight is 584 g/mol. The van der Waals surface area contributed by atoms with E-state index in [2.05, 4.69) is 48.7 Å². The molecule has 1 aliphatic rings. The van der Waals surface area contributed by atoms with Crippen LogP contribution in [0.3, 0.4) is 0 Å². The number of allylic oxidation sites excluding steroid dienone is 1. The van der Waals surface area contributed by atoms with Crippen LogP contribution in [0.4, 0.5) is 11.6 Å². The summed E-state index contributed by atoms with van der Waals surface area (Å²) in [6, 6.07) is 23.0. The standard InChI is InChI=1S/C33H37N5O3S/c1-5-7-19-42-33-36-32-34-23(4)29(31(39)35-26-11-9-8-10-12-26)30(38(32)37-33)25-17-18-27(28(20-25)40-6-2)41-21-24-15-13-22(3)14-16-24/h8-18,20,30H,5-7,19,21H2,1-4H3,(H,35,39)(H,34,36,37). The van der Waals surface area contributed by atoms with Gasteiger partial charge in [0.2, 0.25) is 11.1 Å². The number of nitrogens with zero attached hydrogens (tertiary/aromatic N) is 3. The Hall–Kier alpha value is -4.24. The summed E-state index contributed by atoms with van der Waals surface area (Å²) < 4.78 is 14.0. The number of aromatic nitrogens is 3. The van der Waals surface area contributed by atoms with Crippen LogP contribution in [0.1, 0.15) is 56.3 Å². The number of unbranched alkanes of at least 4 members (excludes halogenated alkanes) is 1. The molecule has 4 aromatic rings. The molecule has 1 unspecified atom stereocenters. The average Bonchev–Trinajstić information content (AvgIpc) is 3.39. The number of hydrogen-bond acceptors (Lipinski definition) is 7. The Kier molecular flexibility index (Phi) is 9.48. The van der Waals surface area contributed by atoms with Gasteiger partial charge in [-0.15, -0.1) is 5.10 Å². The zero-order valence-electron chi connectivity index (χ0n) is 24.5. The maximum absolute atomic E-state index is 13.8. The van der Waals surface area contributed by atoms with Crippen LogP contribution in [0, 0.1) is 6.92 Å². The van der Waals surface area contributed by atoms with Crippen LogP contribution < -0.4 is 20.1 Å². The molecular weight excluding hydrogens is 546 g/mol. The van der Waals surface area contributed by atoms with Crippen LogP contribution >= 0.6 is 11.8 Å². The number of benzene rings is 3. The number of fused-ring (bicyclic) bond motifs is 1. The smallest absolute Gasteiger partial charge is 0.255 e. The van der Waals surface area contributed by atoms with Gasteiger partial charge in [-0.05, 0) is 62.6 Å². The minimum atomic E-state index is -0.525. The predicted octanol–water partition coefficient (Wildman–Crippen LogP) is 7.38. The van der Waals surface area contributed by atoms with Crippen molar-refractivity contribution in [2.24, 2.45) is 0 Å². The molecule has 0 saturated heterocycles. The lowest BCUT2D eigenvalue weighted by atomic mass is 9.94. The highest BCUT2D eigenvalue weighted by Gasteiger charge is 2.35. The summed E-state index contributed by atoms with van der Waals surface area (Å²) in [6.45, 7) is 8.96. The molecule has 0 bridgehead atoms. The first-order valence-corrected chi connectivity index (χ1v) is 15.3. The fourth-order valence-electron chi connectivity index (χ4n) is 4.75. The summed E-state index contributed by atoms with van der Waals surface area (Å²) in [7, 11) is 0. The second kappa shape index (κ2) is 13.6. The SMILES string of the molecule is CCCCSc1nc2n(n1)C(c1ccc(OCc3ccc(C)cc3)c(OCC)c1)C(C(=O)Nc1ccccc1)=C(C)N2. The molecular formula is C33H37N5O3S. The van der Waals surface area contributed by atoms with Gasteiger partial charge >= 0.3 is 0 Å². The summed E-state index contributed by atoms with van der Waals surface area (Å²) in [5, 5.41) is 11.9. The lowest BCUT2D eigenvalue weighted by Gasteiger charge is -2.29. The summed E-state index contributed by atoms with van der Waals surface area (Å²) in [4.78, 5) is 18.6. The molecule has 5 rings (SSSR count). The first-order valence-electron chi connectivity index (χ1n) is 14.4. The number of hydrogen-bond donors (Lipinski definition) is 2. The van der Waals surface area contributed by atoms with Gasteiger partial charge in [0, 0.05) is 17.1 Å². The molecule has 42 heavy (non-hydrogen) atoms. The number of carbonyl (C=O) groups is 1. The van der Waals surface area contributed by atoms with E-state index in [0.29, 0.717) is 41.4 Å². The molecule has 1 atom stereocenters. The number of nitrogens with one attached hydrogen (secondary N) is 2. The molecule has 2 N–H and O–H groups in total. The molecule has 8 nitrogen and oxygen atoms in total. The number of amides is 1. The third kappa shape index (κ3) is 6.79. The van der Waals surface area contributed by atoms with Gasteiger partial charge in [0.05, 0.1) is 12.2 Å².